The molecule has 194 valence electrons. The molecule has 1 amide bonds. The molecule has 0 aromatic heterocycles. The summed E-state index contributed by atoms with van der Waals surface area (Å²) in [6.45, 7) is 3.53. The van der Waals surface area contributed by atoms with Crippen LogP contribution in [0.5, 0.6) is 11.5 Å². The van der Waals surface area contributed by atoms with Crippen molar-refractivity contribution in [2.24, 2.45) is 0 Å². The Kier molecular flexibility index (Phi) is 9.61. The van der Waals surface area contributed by atoms with Gasteiger partial charge in [0, 0.05) is 30.0 Å². The summed E-state index contributed by atoms with van der Waals surface area (Å²) in [7, 11) is 0. The van der Waals surface area contributed by atoms with E-state index in [-0.39, 0.29) is 11.7 Å². The smallest absolute Gasteiger partial charge is 0.220 e. The van der Waals surface area contributed by atoms with E-state index in [1.54, 1.807) is 30.3 Å². The summed E-state index contributed by atoms with van der Waals surface area (Å²) in [5.74, 6) is 1.30. The number of unbranched alkanes of at least 4 members (excludes halogenated alkanes) is 2. The van der Waals surface area contributed by atoms with Crippen LogP contribution in [0.4, 0.5) is 0 Å². The van der Waals surface area contributed by atoms with E-state index < -0.39 is 12.1 Å². The monoisotopic (exact) mass is 514 g/mol. The lowest BCUT2D eigenvalue weighted by Gasteiger charge is -2.29. The molecule has 0 aliphatic carbocycles. The molecule has 0 radical (unpaired) electrons. The third kappa shape index (κ3) is 7.45. The normalized spacial score (nSPS) is 16.9. The zero-order valence-corrected chi connectivity index (χ0v) is 21.3. The molecule has 4 rings (SSSR count). The molecule has 7 nitrogen and oxygen atoms in total. The molecule has 0 bridgehead atoms. The molecule has 2 aliphatic heterocycles. The summed E-state index contributed by atoms with van der Waals surface area (Å²) >= 11 is 5.88. The molecule has 1 fully saturated rings. The topological polar surface area (TPSA) is 88.1 Å². The van der Waals surface area contributed by atoms with E-state index in [9.17, 15) is 14.7 Å². The Labute approximate surface area is 217 Å². The largest absolute Gasteiger partial charge is 0.486 e. The first-order chi connectivity index (χ1) is 17.5. The van der Waals surface area contributed by atoms with Gasteiger partial charge in [-0.1, -0.05) is 24.1 Å². The Morgan fingerprint density at radius 2 is 1.64 bits per heavy atom. The minimum Gasteiger partial charge on any atom is -0.486 e. The number of carbonyl (C=O) groups is 2. The van der Waals surface area contributed by atoms with Crippen LogP contribution in [0.25, 0.3) is 0 Å². The van der Waals surface area contributed by atoms with Gasteiger partial charge >= 0.3 is 0 Å². The van der Waals surface area contributed by atoms with E-state index in [1.807, 2.05) is 12.1 Å². The second kappa shape index (κ2) is 13.1. The molecule has 2 aromatic rings. The predicted molar refractivity (Wildman–Crippen MR) is 139 cm³/mol. The number of likely N-dealkylation sites (tertiary alicyclic amines) is 1. The Morgan fingerprint density at radius 1 is 0.944 bits per heavy atom. The van der Waals surface area contributed by atoms with Gasteiger partial charge in [0.15, 0.2) is 17.3 Å². The first-order valence-corrected chi connectivity index (χ1v) is 13.3. The number of halogens is 1. The molecule has 1 saturated heterocycles. The Balaban J connectivity index is 1.27. The summed E-state index contributed by atoms with van der Waals surface area (Å²) in [5, 5.41) is 14.9. The maximum absolute atomic E-state index is 12.8. The number of nitrogens with zero attached hydrogens (tertiary/aromatic N) is 1. The molecule has 2 N–H and O–H groups in total. The lowest BCUT2D eigenvalue weighted by atomic mass is 10.00. The molecule has 2 aliphatic rings. The maximum Gasteiger partial charge on any atom is 0.220 e. The van der Waals surface area contributed by atoms with Crippen LogP contribution in [0.2, 0.25) is 5.02 Å². The van der Waals surface area contributed by atoms with Gasteiger partial charge in [0.05, 0.1) is 6.04 Å². The number of ketones is 1. The molecule has 0 unspecified atom stereocenters. The Morgan fingerprint density at radius 3 is 2.39 bits per heavy atom. The fraction of sp³-hybridized carbons (Fsp3) is 0.500. The van der Waals surface area contributed by atoms with Crippen molar-refractivity contribution in [2.45, 2.75) is 57.1 Å². The first kappa shape index (κ1) is 26.5. The van der Waals surface area contributed by atoms with Crippen LogP contribution < -0.4 is 14.8 Å². The lowest BCUT2D eigenvalue weighted by molar-refractivity contribution is -0.123. The zero-order valence-electron chi connectivity index (χ0n) is 20.6. The maximum atomic E-state index is 12.8. The number of amides is 1. The standard InChI is InChI=1S/C28H35ClN2O5/c29-22-11-8-20(9-12-22)24(32)6-2-1-3-7-27(33)30-23(19-31-14-4-5-15-31)28(34)21-10-13-25-26(18-21)36-17-16-35-25/h8-13,18,23,28,34H,1-7,14-17,19H2,(H,30,33)/t23-,28-/m1/s1. The molecule has 0 saturated carbocycles. The van der Waals surface area contributed by atoms with E-state index in [4.69, 9.17) is 21.1 Å². The third-order valence-corrected chi connectivity index (χ3v) is 7.01. The fourth-order valence-corrected chi connectivity index (χ4v) is 4.88. The molecule has 2 atom stereocenters. The van der Waals surface area contributed by atoms with E-state index in [2.05, 4.69) is 10.2 Å². The summed E-state index contributed by atoms with van der Waals surface area (Å²) in [5.41, 5.74) is 1.36. The van der Waals surface area contributed by atoms with E-state index >= 15 is 0 Å². The van der Waals surface area contributed by atoms with E-state index in [0.29, 0.717) is 66.7 Å². The number of rotatable bonds is 12. The van der Waals surface area contributed by atoms with Crippen LogP contribution in [0.1, 0.15) is 67.0 Å². The minimum atomic E-state index is -0.859. The van der Waals surface area contributed by atoms with Crippen molar-refractivity contribution < 1.29 is 24.2 Å². The molecular formula is C28H35ClN2O5. The Bertz CT molecular complexity index is 1020. The SMILES string of the molecule is O=C(CCCCCC(=O)c1ccc(Cl)cc1)N[C@H](CN1CCCC1)[C@H](O)c1ccc2c(c1)OCCO2. The van der Waals surface area contributed by atoms with Crippen molar-refractivity contribution in [3.63, 3.8) is 0 Å². The number of fused-ring (bicyclic) bond motifs is 1. The third-order valence-electron chi connectivity index (χ3n) is 6.76. The van der Waals surface area contributed by atoms with Crippen LogP contribution in [0, 0.1) is 0 Å². The molecule has 0 spiro atoms. The highest BCUT2D eigenvalue weighted by molar-refractivity contribution is 6.30. The molecule has 2 aromatic carbocycles. The van der Waals surface area contributed by atoms with Crippen LogP contribution in [0.3, 0.4) is 0 Å². The first-order valence-electron chi connectivity index (χ1n) is 12.9. The van der Waals surface area contributed by atoms with Crippen LogP contribution >= 0.6 is 11.6 Å². The fourth-order valence-electron chi connectivity index (χ4n) is 4.75. The lowest BCUT2D eigenvalue weighted by Crippen LogP contribution is -2.46. The number of ether oxygens (including phenoxy) is 2. The number of Topliss-reactive ketones (excluding diaryl/α,β-unsaturated/α-hetero) is 1. The number of hydrogen-bond donors (Lipinski definition) is 2. The van der Waals surface area contributed by atoms with Gasteiger partial charge in [-0.15, -0.1) is 0 Å². The average Bonchev–Trinajstić information content (AvgIpc) is 3.41. The molecule has 8 heteroatoms. The summed E-state index contributed by atoms with van der Waals surface area (Å²) < 4.78 is 11.3. The highest BCUT2D eigenvalue weighted by Crippen LogP contribution is 2.33. The van der Waals surface area contributed by atoms with Gasteiger partial charge in [0.1, 0.15) is 19.3 Å². The van der Waals surface area contributed by atoms with Gasteiger partial charge in [-0.2, -0.15) is 0 Å². The average molecular weight is 515 g/mol. The van der Waals surface area contributed by atoms with Gasteiger partial charge in [-0.05, 0) is 80.7 Å². The second-order valence-corrected chi connectivity index (χ2v) is 9.96. The van der Waals surface area contributed by atoms with Gasteiger partial charge in [0.2, 0.25) is 5.91 Å². The predicted octanol–water partition coefficient (Wildman–Crippen LogP) is 4.56. The zero-order chi connectivity index (χ0) is 25.3. The highest BCUT2D eigenvalue weighted by Gasteiger charge is 2.27. The number of carbonyl (C=O) groups excluding carboxylic acids is 2. The second-order valence-electron chi connectivity index (χ2n) is 9.52. The van der Waals surface area contributed by atoms with Crippen molar-refractivity contribution in [3.8, 4) is 11.5 Å². The molecule has 36 heavy (non-hydrogen) atoms. The number of hydrogen-bond acceptors (Lipinski definition) is 6. The van der Waals surface area contributed by atoms with Crippen molar-refractivity contribution in [1.82, 2.24) is 10.2 Å². The quantitative estimate of drug-likeness (QED) is 0.319. The van der Waals surface area contributed by atoms with Gasteiger partial charge in [0.25, 0.3) is 0 Å². The van der Waals surface area contributed by atoms with Crippen molar-refractivity contribution in [3.05, 3.63) is 58.6 Å². The van der Waals surface area contributed by atoms with E-state index in [1.165, 1.54) is 0 Å². The van der Waals surface area contributed by atoms with Crippen molar-refractivity contribution >= 4 is 23.3 Å². The number of benzene rings is 2. The number of aliphatic hydroxyl groups is 1. The summed E-state index contributed by atoms with van der Waals surface area (Å²) in [6, 6.07) is 11.9. The number of aliphatic hydroxyl groups excluding tert-OH is 1. The van der Waals surface area contributed by atoms with Gasteiger partial charge in [-0.25, -0.2) is 0 Å². The van der Waals surface area contributed by atoms with Crippen LogP contribution in [-0.4, -0.2) is 60.6 Å². The van der Waals surface area contributed by atoms with Gasteiger partial charge < -0.3 is 24.8 Å². The minimum absolute atomic E-state index is 0.0835. The van der Waals surface area contributed by atoms with E-state index in [0.717, 1.165) is 38.8 Å². The van der Waals surface area contributed by atoms with Crippen LogP contribution in [-0.2, 0) is 4.79 Å². The van der Waals surface area contributed by atoms with Crippen molar-refractivity contribution in [1.29, 1.82) is 0 Å². The summed E-state index contributed by atoms with van der Waals surface area (Å²) in [6.07, 6.45) is 4.42. The van der Waals surface area contributed by atoms with Gasteiger partial charge in [-0.3, -0.25) is 9.59 Å². The number of nitrogens with one attached hydrogen (secondary N) is 1. The Hall–Kier alpha value is -2.61. The summed E-state index contributed by atoms with van der Waals surface area (Å²) in [4.78, 5) is 27.4. The van der Waals surface area contributed by atoms with Crippen molar-refractivity contribution in [2.75, 3.05) is 32.8 Å². The van der Waals surface area contributed by atoms with Crippen LogP contribution in [0.15, 0.2) is 42.5 Å². The molecular weight excluding hydrogens is 480 g/mol. The highest BCUT2D eigenvalue weighted by atomic mass is 35.5. The molecule has 2 heterocycles.